The molecule has 2 aromatic rings. The molecule has 0 aliphatic rings. The molecule has 0 aromatic heterocycles. The lowest BCUT2D eigenvalue weighted by Gasteiger charge is -2.28. The lowest BCUT2D eigenvalue weighted by Crippen LogP contribution is -2.46. The van der Waals surface area contributed by atoms with Crippen LogP contribution in [0.2, 0.25) is 0 Å². The molecule has 108 valence electrons. The van der Waals surface area contributed by atoms with Crippen molar-refractivity contribution in [2.24, 2.45) is 0 Å². The van der Waals surface area contributed by atoms with Crippen molar-refractivity contribution in [3.05, 3.63) is 66.2 Å². The fraction of sp³-hybridized carbons (Fsp3) is 0.125. The van der Waals surface area contributed by atoms with Crippen LogP contribution in [0, 0.1) is 0 Å². The zero-order valence-electron chi connectivity index (χ0n) is 11.2. The van der Waals surface area contributed by atoms with Crippen LogP contribution in [-0.2, 0) is 4.79 Å². The second-order valence-corrected chi connectivity index (χ2v) is 4.78. The first-order valence-electron chi connectivity index (χ1n) is 6.42. The summed E-state index contributed by atoms with van der Waals surface area (Å²) in [5.74, 6) is -1.41. The van der Waals surface area contributed by atoms with Crippen molar-refractivity contribution in [1.82, 2.24) is 0 Å². The summed E-state index contributed by atoms with van der Waals surface area (Å²) in [5, 5.41) is 9.36. The van der Waals surface area contributed by atoms with E-state index in [0.717, 1.165) is 0 Å². The van der Waals surface area contributed by atoms with Crippen molar-refractivity contribution in [1.29, 1.82) is 0 Å². The van der Waals surface area contributed by atoms with E-state index in [4.69, 9.17) is 0 Å². The molecular weight excluding hydrogens is 286 g/mol. The standard InChI is InChI=1S/C16H15NO3S/c18-15(12-7-3-1-4-8-12)17(14(11-21)16(19)20)13-9-5-2-6-10-13/h1-10,14,21H,11H2,(H,19,20)/t14-/m1/s1. The van der Waals surface area contributed by atoms with Crippen LogP contribution in [0.4, 0.5) is 5.69 Å². The average Bonchev–Trinajstić information content (AvgIpc) is 2.53. The van der Waals surface area contributed by atoms with E-state index < -0.39 is 12.0 Å². The van der Waals surface area contributed by atoms with Gasteiger partial charge in [0.25, 0.3) is 5.91 Å². The van der Waals surface area contributed by atoms with Crippen LogP contribution >= 0.6 is 12.6 Å². The number of carboxylic acids is 1. The second kappa shape index (κ2) is 6.95. The Labute approximate surface area is 128 Å². The monoisotopic (exact) mass is 301 g/mol. The smallest absolute Gasteiger partial charge is 0.327 e. The van der Waals surface area contributed by atoms with Gasteiger partial charge in [0.15, 0.2) is 0 Å². The van der Waals surface area contributed by atoms with Crippen LogP contribution in [0.5, 0.6) is 0 Å². The fourth-order valence-corrected chi connectivity index (χ4v) is 2.34. The van der Waals surface area contributed by atoms with Gasteiger partial charge in [-0.1, -0.05) is 36.4 Å². The molecule has 5 heteroatoms. The summed E-state index contributed by atoms with van der Waals surface area (Å²) in [5.41, 5.74) is 0.974. The van der Waals surface area contributed by atoms with Gasteiger partial charge in [0.05, 0.1) is 0 Å². The van der Waals surface area contributed by atoms with E-state index in [1.165, 1.54) is 4.90 Å². The molecule has 0 fully saturated rings. The number of aliphatic carboxylic acids is 1. The third kappa shape index (κ3) is 3.44. The summed E-state index contributed by atoms with van der Waals surface area (Å²) in [6, 6.07) is 16.3. The molecule has 1 N–H and O–H groups in total. The molecule has 0 saturated heterocycles. The van der Waals surface area contributed by atoms with Crippen LogP contribution in [0.15, 0.2) is 60.7 Å². The molecular formula is C16H15NO3S. The molecule has 0 heterocycles. The third-order valence-electron chi connectivity index (χ3n) is 3.04. The summed E-state index contributed by atoms with van der Waals surface area (Å²) in [6.45, 7) is 0. The maximum absolute atomic E-state index is 12.7. The van der Waals surface area contributed by atoms with Crippen molar-refractivity contribution < 1.29 is 14.7 Å². The van der Waals surface area contributed by atoms with Gasteiger partial charge in [0.1, 0.15) is 6.04 Å². The summed E-state index contributed by atoms with van der Waals surface area (Å²) in [6.07, 6.45) is 0. The number of carboxylic acid groups (broad SMARTS) is 1. The Hall–Kier alpha value is -2.27. The Kier molecular flexibility index (Phi) is 5.00. The number of carbonyl (C=O) groups excluding carboxylic acids is 1. The van der Waals surface area contributed by atoms with Crippen LogP contribution in [0.25, 0.3) is 0 Å². The second-order valence-electron chi connectivity index (χ2n) is 4.41. The highest BCUT2D eigenvalue weighted by molar-refractivity contribution is 7.80. The molecule has 2 rings (SSSR count). The first-order valence-corrected chi connectivity index (χ1v) is 7.05. The Balaban J connectivity index is 2.46. The summed E-state index contributed by atoms with van der Waals surface area (Å²) < 4.78 is 0. The number of anilines is 1. The molecule has 0 spiro atoms. The van der Waals surface area contributed by atoms with E-state index in [2.05, 4.69) is 12.6 Å². The molecule has 0 saturated carbocycles. The molecule has 1 atom stereocenters. The zero-order chi connectivity index (χ0) is 15.2. The molecule has 0 bridgehead atoms. The lowest BCUT2D eigenvalue weighted by atomic mass is 10.1. The van der Waals surface area contributed by atoms with E-state index in [1.54, 1.807) is 54.6 Å². The number of nitrogens with zero attached hydrogens (tertiary/aromatic N) is 1. The first kappa shape index (κ1) is 15.1. The highest BCUT2D eigenvalue weighted by Crippen LogP contribution is 2.21. The van der Waals surface area contributed by atoms with Gasteiger partial charge in [-0.25, -0.2) is 4.79 Å². The molecule has 21 heavy (non-hydrogen) atoms. The Morgan fingerprint density at radius 3 is 2.00 bits per heavy atom. The summed E-state index contributed by atoms with van der Waals surface area (Å²) >= 11 is 4.08. The van der Waals surface area contributed by atoms with Crippen molar-refractivity contribution in [2.45, 2.75) is 6.04 Å². The molecule has 2 aromatic carbocycles. The van der Waals surface area contributed by atoms with E-state index in [-0.39, 0.29) is 11.7 Å². The van der Waals surface area contributed by atoms with Gasteiger partial charge in [0, 0.05) is 17.0 Å². The highest BCUT2D eigenvalue weighted by atomic mass is 32.1. The fourth-order valence-electron chi connectivity index (χ4n) is 2.02. The first-order chi connectivity index (χ1) is 10.1. The normalized spacial score (nSPS) is 11.7. The van der Waals surface area contributed by atoms with Crippen LogP contribution in [0.3, 0.4) is 0 Å². The van der Waals surface area contributed by atoms with Crippen LogP contribution in [-0.4, -0.2) is 28.8 Å². The average molecular weight is 301 g/mol. The molecule has 0 aliphatic heterocycles. The lowest BCUT2D eigenvalue weighted by molar-refractivity contribution is -0.137. The van der Waals surface area contributed by atoms with Crippen LogP contribution < -0.4 is 4.90 Å². The molecule has 4 nitrogen and oxygen atoms in total. The Bertz CT molecular complexity index is 616. The topological polar surface area (TPSA) is 57.6 Å². The number of hydrogen-bond donors (Lipinski definition) is 2. The molecule has 0 radical (unpaired) electrons. The maximum Gasteiger partial charge on any atom is 0.327 e. The number of thiol groups is 1. The number of hydrogen-bond acceptors (Lipinski definition) is 3. The van der Waals surface area contributed by atoms with E-state index in [9.17, 15) is 14.7 Å². The van der Waals surface area contributed by atoms with Crippen molar-refractivity contribution in [3.8, 4) is 0 Å². The van der Waals surface area contributed by atoms with Gasteiger partial charge < -0.3 is 5.11 Å². The molecule has 1 amide bonds. The summed E-state index contributed by atoms with van der Waals surface area (Å²) in [4.78, 5) is 25.4. The van der Waals surface area contributed by atoms with Crippen molar-refractivity contribution in [3.63, 3.8) is 0 Å². The minimum atomic E-state index is -1.09. The number of benzene rings is 2. The Morgan fingerprint density at radius 1 is 1.00 bits per heavy atom. The SMILES string of the molecule is O=C(O)[C@@H](CS)N(C(=O)c1ccccc1)c1ccccc1. The van der Waals surface area contributed by atoms with Crippen molar-refractivity contribution >= 4 is 30.2 Å². The maximum atomic E-state index is 12.7. The van der Waals surface area contributed by atoms with Crippen molar-refractivity contribution in [2.75, 3.05) is 10.7 Å². The highest BCUT2D eigenvalue weighted by Gasteiger charge is 2.30. The minimum Gasteiger partial charge on any atom is -0.480 e. The van der Waals surface area contributed by atoms with Gasteiger partial charge >= 0.3 is 5.97 Å². The van der Waals surface area contributed by atoms with Gasteiger partial charge in [-0.05, 0) is 24.3 Å². The van der Waals surface area contributed by atoms with Gasteiger partial charge in [-0.2, -0.15) is 12.6 Å². The number of carbonyl (C=O) groups is 2. The van der Waals surface area contributed by atoms with Gasteiger partial charge in [-0.15, -0.1) is 0 Å². The van der Waals surface area contributed by atoms with Crippen LogP contribution in [0.1, 0.15) is 10.4 Å². The zero-order valence-corrected chi connectivity index (χ0v) is 12.1. The van der Waals surface area contributed by atoms with Gasteiger partial charge in [0.2, 0.25) is 0 Å². The number of rotatable bonds is 5. The molecule has 0 unspecified atom stereocenters. The summed E-state index contributed by atoms with van der Waals surface area (Å²) in [7, 11) is 0. The number of para-hydroxylation sites is 1. The van der Waals surface area contributed by atoms with E-state index in [1.807, 2.05) is 6.07 Å². The predicted molar refractivity (Wildman–Crippen MR) is 85.0 cm³/mol. The third-order valence-corrected chi connectivity index (χ3v) is 3.39. The quantitative estimate of drug-likeness (QED) is 0.835. The van der Waals surface area contributed by atoms with E-state index >= 15 is 0 Å². The largest absolute Gasteiger partial charge is 0.480 e. The number of amides is 1. The molecule has 0 aliphatic carbocycles. The van der Waals surface area contributed by atoms with Gasteiger partial charge in [-0.3, -0.25) is 9.69 Å². The van der Waals surface area contributed by atoms with E-state index in [0.29, 0.717) is 11.3 Å². The minimum absolute atomic E-state index is 0.0306. The predicted octanol–water partition coefficient (Wildman–Crippen LogP) is 2.72. The Morgan fingerprint density at radius 2 is 1.52 bits per heavy atom.